The number of halogens is 1. The Bertz CT molecular complexity index is 3080. The van der Waals surface area contributed by atoms with Crippen LogP contribution in [0.4, 0.5) is 10.5 Å². The number of alkyl carbamates (subject to hydrolysis) is 1. The first-order valence-electron chi connectivity index (χ1n) is 30.3. The minimum atomic E-state index is -1.91. The Kier molecular flexibility index (Phi) is 25.9. The van der Waals surface area contributed by atoms with E-state index in [0.717, 1.165) is 44.1 Å². The standard InChI is InChI=1S/C64H91ClN8O16/c1-12-67(7)38-47-35-46-17-13-14-18-49(46)73(47)25-22-48(76)20-21-55(78)71(27-30-75)40-58(81)72(28-31-85-10)39-57(80)70(26-29-74)24-23-54(77)68(8)44(5)61(82)88-53-36-56(79)69(9)50-34-45(33-42(3)59(50)65)32-41(2)16-15-19-52(86-11)64(84)37-51(87-62(83)66-64)43(4)60-63(53,6)89-60/h13-19,33-35,43-44,51-53,60,74-75,84H,12,20-32,36-40H2,1-11H3,(H,66,83)/b19-15+,41-16+/t43-,44+,51+,52-,53+,60?,63+,64-/m1/s1. The number of fused-ring (bicyclic) bond motifs is 6. The second-order valence-electron chi connectivity index (χ2n) is 23.7. The Morgan fingerprint density at radius 1 is 0.888 bits per heavy atom. The summed E-state index contributed by atoms with van der Waals surface area (Å²) in [5.74, 6) is -4.62. The second kappa shape index (κ2) is 32.3. The van der Waals surface area contributed by atoms with Crippen molar-refractivity contribution in [1.82, 2.24) is 34.4 Å². The van der Waals surface area contributed by atoms with Crippen LogP contribution in [0, 0.1) is 12.8 Å². The van der Waals surface area contributed by atoms with Crippen LogP contribution in [0.2, 0.25) is 5.02 Å². The Balaban J connectivity index is 1.10. The minimum Gasteiger partial charge on any atom is -0.457 e. The number of allylic oxidation sites excluding steroid dienone is 3. The van der Waals surface area contributed by atoms with E-state index in [2.05, 4.69) is 27.8 Å². The number of carbonyl (C=O) groups excluding carboxylic acids is 8. The van der Waals surface area contributed by atoms with Gasteiger partial charge in [0, 0.05) is 117 Å². The first-order chi connectivity index (χ1) is 42.2. The van der Waals surface area contributed by atoms with Crippen LogP contribution in [0.1, 0.15) is 90.0 Å². The van der Waals surface area contributed by atoms with Crippen LogP contribution >= 0.6 is 11.6 Å². The molecule has 1 aromatic heterocycles. The van der Waals surface area contributed by atoms with Crippen LogP contribution in [0.5, 0.6) is 0 Å². The summed E-state index contributed by atoms with van der Waals surface area (Å²) in [4.78, 5) is 119. The molecule has 8 atom stereocenters. The van der Waals surface area contributed by atoms with E-state index in [1.165, 1.54) is 42.9 Å². The molecule has 490 valence electrons. The number of anilines is 1. The molecule has 4 heterocycles. The number of nitrogens with one attached hydrogen (secondary N) is 1. The van der Waals surface area contributed by atoms with Crippen molar-refractivity contribution in [3.63, 3.8) is 0 Å². The Morgan fingerprint density at radius 3 is 2.24 bits per heavy atom. The number of aliphatic hydroxyl groups is 3. The number of para-hydroxylation sites is 1. The lowest BCUT2D eigenvalue weighted by Crippen LogP contribution is -2.63. The fraction of sp³-hybridized carbons (Fsp3) is 0.594. The normalized spacial score (nSPS) is 23.3. The lowest BCUT2D eigenvalue weighted by molar-refractivity contribution is -0.162. The molecular formula is C64H91ClN8O16. The molecule has 0 aliphatic carbocycles. The number of aryl methyl sites for hydroxylation is 2. The van der Waals surface area contributed by atoms with Crippen LogP contribution in [0.25, 0.3) is 10.9 Å². The number of likely N-dealkylation sites (N-methyl/N-ethyl adjacent to an activating group) is 1. The molecule has 3 aliphatic rings. The number of carbonyl (C=O) groups is 8. The van der Waals surface area contributed by atoms with Crippen molar-refractivity contribution in [3.8, 4) is 0 Å². The van der Waals surface area contributed by atoms with Gasteiger partial charge in [0.25, 0.3) is 0 Å². The number of aliphatic hydroxyl groups excluding tert-OH is 2. The molecule has 6 amide bonds. The van der Waals surface area contributed by atoms with E-state index in [4.69, 9.17) is 35.3 Å². The highest BCUT2D eigenvalue weighted by atomic mass is 35.5. The smallest absolute Gasteiger partial charge is 0.409 e. The molecule has 0 radical (unpaired) electrons. The predicted molar refractivity (Wildman–Crippen MR) is 332 cm³/mol. The largest absolute Gasteiger partial charge is 0.457 e. The first kappa shape index (κ1) is 71.3. The molecule has 24 nitrogen and oxygen atoms in total. The maximum absolute atomic E-state index is 14.5. The number of Topliss-reactive ketones (excluding diaryl/α,β-unsaturated/α-hetero) is 1. The number of aromatic nitrogens is 1. The molecule has 4 bridgehead atoms. The van der Waals surface area contributed by atoms with Crippen LogP contribution in [0.3, 0.4) is 0 Å². The summed E-state index contributed by atoms with van der Waals surface area (Å²) in [5.41, 5.74) is 1.69. The first-order valence-corrected chi connectivity index (χ1v) is 30.7. The lowest BCUT2D eigenvalue weighted by atomic mass is 9.83. The average molecular weight is 1260 g/mol. The Labute approximate surface area is 526 Å². The van der Waals surface area contributed by atoms with E-state index in [1.807, 2.05) is 57.3 Å². The summed E-state index contributed by atoms with van der Waals surface area (Å²) in [6.07, 6.45) is -0.245. The highest BCUT2D eigenvalue weighted by molar-refractivity contribution is 6.34. The summed E-state index contributed by atoms with van der Waals surface area (Å²) in [5, 5.41) is 35.8. The van der Waals surface area contributed by atoms with E-state index in [9.17, 15) is 53.7 Å². The quantitative estimate of drug-likeness (QED) is 0.0616. The monoisotopic (exact) mass is 1260 g/mol. The maximum atomic E-state index is 14.5. The van der Waals surface area contributed by atoms with Gasteiger partial charge in [0.1, 0.15) is 35.7 Å². The number of ether oxygens (including phenoxy) is 5. The number of methoxy groups -OCH3 is 2. The number of hydrogen-bond donors (Lipinski definition) is 4. The third-order valence-corrected chi connectivity index (χ3v) is 17.7. The molecule has 6 rings (SSSR count). The number of amides is 6. The molecule has 25 heteroatoms. The molecule has 2 fully saturated rings. The number of benzene rings is 2. The van der Waals surface area contributed by atoms with Gasteiger partial charge in [-0.3, -0.25) is 34.1 Å². The van der Waals surface area contributed by atoms with Crippen LogP contribution in [-0.4, -0.2) is 235 Å². The highest BCUT2D eigenvalue weighted by Gasteiger charge is 2.64. The van der Waals surface area contributed by atoms with E-state index in [1.54, 1.807) is 39.1 Å². The predicted octanol–water partition coefficient (Wildman–Crippen LogP) is 4.17. The van der Waals surface area contributed by atoms with Gasteiger partial charge in [-0.15, -0.1) is 0 Å². The van der Waals surface area contributed by atoms with Crippen molar-refractivity contribution in [2.24, 2.45) is 5.92 Å². The van der Waals surface area contributed by atoms with Gasteiger partial charge >= 0.3 is 12.1 Å². The third-order valence-electron chi connectivity index (χ3n) is 17.2. The summed E-state index contributed by atoms with van der Waals surface area (Å²) in [6.45, 7) is 9.81. The maximum Gasteiger partial charge on any atom is 0.409 e. The van der Waals surface area contributed by atoms with Gasteiger partial charge in [0.15, 0.2) is 5.72 Å². The third kappa shape index (κ3) is 18.5. The molecule has 3 aliphatic heterocycles. The van der Waals surface area contributed by atoms with Crippen molar-refractivity contribution in [3.05, 3.63) is 88.1 Å². The van der Waals surface area contributed by atoms with Gasteiger partial charge in [-0.05, 0) is 82.4 Å². The zero-order chi connectivity index (χ0) is 65.5. The molecule has 0 saturated carbocycles. The van der Waals surface area contributed by atoms with Gasteiger partial charge in [0.2, 0.25) is 29.5 Å². The second-order valence-corrected chi connectivity index (χ2v) is 24.1. The SMILES string of the molecule is CCN(C)Cc1cc2ccccc2n1CCC(=O)CCC(=O)N(CCO)CC(=O)N(CCOC)CC(=O)N(CCO)CCC(=O)N(C)[C@@H](C)C(=O)O[C@H]1CC(=O)N(C)c2cc(cc(C)c2Cl)C/C(C)=C/C=C/[C@@H](OC)[C@]2(O)C[C@H](OC(=O)N2)[C@@H](C)C2O[C@]21C. The Morgan fingerprint density at radius 2 is 1.56 bits per heavy atom. The van der Waals surface area contributed by atoms with Crippen LogP contribution in [0.15, 0.2) is 66.3 Å². The van der Waals surface area contributed by atoms with E-state index in [0.29, 0.717) is 35.8 Å². The van der Waals surface area contributed by atoms with Gasteiger partial charge in [-0.2, -0.15) is 0 Å². The number of hydrogen-bond acceptors (Lipinski definition) is 17. The molecule has 4 N–H and O–H groups in total. The zero-order valence-electron chi connectivity index (χ0n) is 53.3. The van der Waals surface area contributed by atoms with Gasteiger partial charge < -0.3 is 73.0 Å². The number of epoxide rings is 1. The fourth-order valence-electron chi connectivity index (χ4n) is 11.4. The van der Waals surface area contributed by atoms with Crippen molar-refractivity contribution >= 4 is 75.6 Å². The number of rotatable bonds is 27. The van der Waals surface area contributed by atoms with Crippen molar-refractivity contribution in [2.75, 3.05) is 106 Å². The fourth-order valence-corrected chi connectivity index (χ4v) is 11.6. The molecule has 89 heavy (non-hydrogen) atoms. The van der Waals surface area contributed by atoms with Gasteiger partial charge in [-0.25, -0.2) is 9.59 Å². The summed E-state index contributed by atoms with van der Waals surface area (Å²) < 4.78 is 31.3. The van der Waals surface area contributed by atoms with Crippen LogP contribution in [-0.2, 0) is 76.8 Å². The minimum absolute atomic E-state index is 0.00741. The van der Waals surface area contributed by atoms with E-state index < -0.39 is 122 Å². The van der Waals surface area contributed by atoms with Crippen molar-refractivity contribution in [1.29, 1.82) is 0 Å². The van der Waals surface area contributed by atoms with Gasteiger partial charge in [-0.1, -0.05) is 73.5 Å². The van der Waals surface area contributed by atoms with Crippen molar-refractivity contribution in [2.45, 2.75) is 141 Å². The van der Waals surface area contributed by atoms with Gasteiger partial charge in [0.05, 0.1) is 56.1 Å². The van der Waals surface area contributed by atoms with E-state index in [-0.39, 0.29) is 70.7 Å². The number of ketones is 1. The van der Waals surface area contributed by atoms with Crippen LogP contribution < -0.4 is 10.2 Å². The summed E-state index contributed by atoms with van der Waals surface area (Å²) in [6, 6.07) is 12.5. The van der Waals surface area contributed by atoms with Crippen molar-refractivity contribution < 1.29 is 77.4 Å². The summed E-state index contributed by atoms with van der Waals surface area (Å²) in [7, 11) is 7.77. The molecular weight excluding hydrogens is 1170 g/mol. The zero-order valence-corrected chi connectivity index (χ0v) is 54.1. The topological polar surface area (TPSA) is 283 Å². The summed E-state index contributed by atoms with van der Waals surface area (Å²) >= 11 is 6.86. The number of nitrogens with zero attached hydrogens (tertiary/aromatic N) is 7. The Hall–Kier alpha value is -6.77. The molecule has 1 unspecified atom stereocenters. The number of esters is 1. The van der Waals surface area contributed by atoms with E-state index >= 15 is 0 Å². The molecule has 3 aromatic rings. The highest BCUT2D eigenvalue weighted by Crippen LogP contribution is 2.49. The molecule has 2 saturated heterocycles. The lowest BCUT2D eigenvalue weighted by Gasteiger charge is -2.42. The average Bonchev–Trinajstić information content (AvgIpc) is 1.78. The molecule has 2 aromatic carbocycles. The molecule has 0 spiro atoms.